The fourth-order valence-electron chi connectivity index (χ4n) is 0.974. The molecule has 7 heteroatoms. The maximum Gasteiger partial charge on any atom is 0.422 e. The molecule has 1 atom stereocenters. The Morgan fingerprint density at radius 2 is 1.94 bits per heavy atom. The second-order valence-corrected chi connectivity index (χ2v) is 3.23. The number of hydrogen-bond acceptors (Lipinski definition) is 3. The van der Waals surface area contributed by atoms with Crippen molar-refractivity contribution in [1.29, 1.82) is 0 Å². The van der Waals surface area contributed by atoms with Crippen LogP contribution in [0.4, 0.5) is 18.0 Å². The minimum Gasteiger partial charge on any atom is -0.445 e. The molecule has 0 aliphatic rings. The molecule has 0 bridgehead atoms. The van der Waals surface area contributed by atoms with Crippen LogP contribution in [0.3, 0.4) is 0 Å². The Hall–Kier alpha value is -1.76. The van der Waals surface area contributed by atoms with Crippen LogP contribution in [0.1, 0.15) is 5.56 Å². The lowest BCUT2D eigenvalue weighted by molar-refractivity contribution is -0.152. The third-order valence-electron chi connectivity index (χ3n) is 1.84. The predicted octanol–water partition coefficient (Wildman–Crippen LogP) is 1.76. The summed E-state index contributed by atoms with van der Waals surface area (Å²) < 4.78 is 40.5. The van der Waals surface area contributed by atoms with Gasteiger partial charge in [-0.25, -0.2) is 4.79 Å². The number of rotatable bonds is 3. The molecule has 0 radical (unpaired) electrons. The first kappa shape index (κ1) is 13.3. The maximum atomic E-state index is 12.0. The first-order chi connectivity index (χ1) is 7.89. The van der Waals surface area contributed by atoms with Crippen molar-refractivity contribution in [3.05, 3.63) is 35.9 Å². The fraction of sp³-hybridized carbons (Fsp3) is 0.300. The smallest absolute Gasteiger partial charge is 0.422 e. The zero-order chi connectivity index (χ0) is 12.9. The number of alkyl carbamates (subject to hydrolysis) is 1. The number of benzene rings is 1. The minimum atomic E-state index is -4.69. The van der Waals surface area contributed by atoms with Crippen molar-refractivity contribution in [2.45, 2.75) is 18.9 Å². The molecule has 4 nitrogen and oxygen atoms in total. The summed E-state index contributed by atoms with van der Waals surface area (Å²) >= 11 is 0. The Bertz CT molecular complexity index is 368. The Morgan fingerprint density at radius 1 is 1.35 bits per heavy atom. The van der Waals surface area contributed by atoms with Gasteiger partial charge in [-0.05, 0) is 5.56 Å². The van der Waals surface area contributed by atoms with Crippen LogP contribution < -0.4 is 11.1 Å². The van der Waals surface area contributed by atoms with E-state index in [4.69, 9.17) is 0 Å². The van der Waals surface area contributed by atoms with Gasteiger partial charge in [0.25, 0.3) is 0 Å². The van der Waals surface area contributed by atoms with Crippen LogP contribution in [0.25, 0.3) is 0 Å². The molecule has 1 aromatic rings. The van der Waals surface area contributed by atoms with Crippen LogP contribution in [-0.2, 0) is 11.3 Å². The van der Waals surface area contributed by atoms with E-state index in [1.165, 1.54) is 5.32 Å². The Balaban J connectivity index is 2.36. The lowest BCUT2D eigenvalue weighted by atomic mass is 10.2. The normalized spacial score (nSPS) is 12.9. The molecule has 3 N–H and O–H groups in total. The number of alkyl halides is 3. The summed E-state index contributed by atoms with van der Waals surface area (Å²) in [5, 5.41) is 1.48. The zero-order valence-electron chi connectivity index (χ0n) is 8.70. The predicted molar refractivity (Wildman–Crippen MR) is 53.8 cm³/mol. The number of hydrogen-bond donors (Lipinski definition) is 2. The molecular weight excluding hydrogens is 237 g/mol. The van der Waals surface area contributed by atoms with Crippen molar-refractivity contribution in [3.63, 3.8) is 0 Å². The van der Waals surface area contributed by atoms with Gasteiger partial charge in [0.2, 0.25) is 0 Å². The Labute approximate surface area is 95.6 Å². The van der Waals surface area contributed by atoms with Crippen molar-refractivity contribution in [2.24, 2.45) is 5.73 Å². The zero-order valence-corrected chi connectivity index (χ0v) is 8.70. The number of ether oxygens (including phenoxy) is 1. The summed E-state index contributed by atoms with van der Waals surface area (Å²) in [6.07, 6.45) is -8.32. The molecule has 1 amide bonds. The van der Waals surface area contributed by atoms with E-state index < -0.39 is 18.4 Å². The first-order valence-electron chi connectivity index (χ1n) is 4.69. The van der Waals surface area contributed by atoms with Gasteiger partial charge in [0.05, 0.1) is 0 Å². The van der Waals surface area contributed by atoms with Gasteiger partial charge >= 0.3 is 12.3 Å². The lowest BCUT2D eigenvalue weighted by Gasteiger charge is -2.16. The molecule has 0 saturated carbocycles. The average molecular weight is 248 g/mol. The number of nitrogens with two attached hydrogens (primary N) is 1. The molecule has 0 aliphatic heterocycles. The van der Waals surface area contributed by atoms with Crippen molar-refractivity contribution in [2.75, 3.05) is 0 Å². The van der Waals surface area contributed by atoms with E-state index in [1.54, 1.807) is 30.3 Å². The molecule has 17 heavy (non-hydrogen) atoms. The SMILES string of the molecule is N[C@H](NC(=O)OCc1ccccc1)C(F)(F)F. The van der Waals surface area contributed by atoms with E-state index in [1.807, 2.05) is 0 Å². The number of carbonyl (C=O) groups is 1. The fourth-order valence-corrected chi connectivity index (χ4v) is 0.974. The second kappa shape index (κ2) is 5.53. The van der Waals surface area contributed by atoms with Crippen molar-refractivity contribution in [1.82, 2.24) is 5.32 Å². The van der Waals surface area contributed by atoms with Crippen molar-refractivity contribution < 1.29 is 22.7 Å². The third kappa shape index (κ3) is 4.73. The van der Waals surface area contributed by atoms with E-state index in [2.05, 4.69) is 10.5 Å². The number of nitrogens with one attached hydrogen (secondary N) is 1. The molecule has 1 aromatic carbocycles. The quantitative estimate of drug-likeness (QED) is 0.801. The van der Waals surface area contributed by atoms with E-state index in [0.717, 1.165) is 0 Å². The maximum absolute atomic E-state index is 12.0. The van der Waals surface area contributed by atoms with Crippen LogP contribution in [-0.4, -0.2) is 18.4 Å². The number of amides is 1. The highest BCUT2D eigenvalue weighted by Crippen LogP contribution is 2.16. The molecule has 0 spiro atoms. The van der Waals surface area contributed by atoms with Gasteiger partial charge in [0.1, 0.15) is 6.61 Å². The molecule has 0 aliphatic carbocycles. The Morgan fingerprint density at radius 3 is 2.47 bits per heavy atom. The molecule has 0 saturated heterocycles. The monoisotopic (exact) mass is 248 g/mol. The largest absolute Gasteiger partial charge is 0.445 e. The van der Waals surface area contributed by atoms with Crippen LogP contribution in [0.2, 0.25) is 0 Å². The highest BCUT2D eigenvalue weighted by atomic mass is 19.4. The summed E-state index contributed by atoms with van der Waals surface area (Å²) in [5.41, 5.74) is 5.35. The van der Waals surface area contributed by atoms with E-state index in [-0.39, 0.29) is 6.61 Å². The van der Waals surface area contributed by atoms with Gasteiger partial charge in [-0.15, -0.1) is 0 Å². The molecule has 0 aromatic heterocycles. The number of carbonyl (C=O) groups excluding carboxylic acids is 1. The van der Waals surface area contributed by atoms with E-state index in [0.29, 0.717) is 5.56 Å². The summed E-state index contributed by atoms with van der Waals surface area (Å²) in [4.78, 5) is 11.0. The van der Waals surface area contributed by atoms with E-state index >= 15 is 0 Å². The van der Waals surface area contributed by atoms with Crippen LogP contribution in [0.15, 0.2) is 30.3 Å². The summed E-state index contributed by atoms with van der Waals surface area (Å²) in [5.74, 6) is 0. The molecule has 94 valence electrons. The molecule has 0 heterocycles. The molecule has 1 rings (SSSR count). The summed E-state index contributed by atoms with van der Waals surface area (Å²) in [6, 6.07) is 8.56. The second-order valence-electron chi connectivity index (χ2n) is 3.23. The van der Waals surface area contributed by atoms with Crippen LogP contribution >= 0.6 is 0 Å². The van der Waals surface area contributed by atoms with Crippen LogP contribution in [0.5, 0.6) is 0 Å². The van der Waals surface area contributed by atoms with E-state index in [9.17, 15) is 18.0 Å². The van der Waals surface area contributed by atoms with Gasteiger partial charge in [-0.3, -0.25) is 5.32 Å². The van der Waals surface area contributed by atoms with Gasteiger partial charge in [0.15, 0.2) is 6.17 Å². The Kier molecular flexibility index (Phi) is 4.33. The van der Waals surface area contributed by atoms with Gasteiger partial charge in [-0.1, -0.05) is 30.3 Å². The molecular formula is C10H11F3N2O2. The lowest BCUT2D eigenvalue weighted by Crippen LogP contribution is -2.51. The standard InChI is InChI=1S/C10H11F3N2O2/c11-10(12,13)8(14)15-9(16)17-6-7-4-2-1-3-5-7/h1-5,8H,6,14H2,(H,15,16)/t8-/m1/s1. The highest BCUT2D eigenvalue weighted by Gasteiger charge is 2.38. The topological polar surface area (TPSA) is 64.3 Å². The third-order valence-corrected chi connectivity index (χ3v) is 1.84. The highest BCUT2D eigenvalue weighted by molar-refractivity contribution is 5.67. The summed E-state index contributed by atoms with van der Waals surface area (Å²) in [6.45, 7) is -0.114. The molecule has 0 unspecified atom stereocenters. The number of halogens is 3. The molecule has 0 fully saturated rings. The van der Waals surface area contributed by atoms with Gasteiger partial charge in [0, 0.05) is 0 Å². The van der Waals surface area contributed by atoms with Gasteiger partial charge < -0.3 is 10.5 Å². The van der Waals surface area contributed by atoms with Crippen molar-refractivity contribution >= 4 is 6.09 Å². The summed E-state index contributed by atoms with van der Waals surface area (Å²) in [7, 11) is 0. The van der Waals surface area contributed by atoms with Crippen LogP contribution in [0, 0.1) is 0 Å². The average Bonchev–Trinajstić information content (AvgIpc) is 2.26. The minimum absolute atomic E-state index is 0.114. The first-order valence-corrected chi connectivity index (χ1v) is 4.69. The van der Waals surface area contributed by atoms with Crippen molar-refractivity contribution in [3.8, 4) is 0 Å². The van der Waals surface area contributed by atoms with Gasteiger partial charge in [-0.2, -0.15) is 13.2 Å².